The van der Waals surface area contributed by atoms with E-state index < -0.39 is 0 Å². The Morgan fingerprint density at radius 1 is 1.32 bits per heavy atom. The summed E-state index contributed by atoms with van der Waals surface area (Å²) < 4.78 is 19.4. The Kier molecular flexibility index (Phi) is 4.31. The van der Waals surface area contributed by atoms with Crippen molar-refractivity contribution in [1.82, 2.24) is 4.90 Å². The summed E-state index contributed by atoms with van der Waals surface area (Å²) in [7, 11) is 0. The van der Waals surface area contributed by atoms with E-state index in [2.05, 4.69) is 9.89 Å². The Morgan fingerprint density at radius 2 is 2.00 bits per heavy atom. The lowest BCUT2D eigenvalue weighted by atomic mass is 10.2. The maximum Gasteiger partial charge on any atom is 0.286 e. The minimum Gasteiger partial charge on any atom is -0.372 e. The number of amidine groups is 1. The smallest absolute Gasteiger partial charge is 0.286 e. The van der Waals surface area contributed by atoms with Crippen LogP contribution in [0.3, 0.4) is 0 Å². The molecule has 2 heterocycles. The van der Waals surface area contributed by atoms with Crippen molar-refractivity contribution >= 4 is 28.9 Å². The van der Waals surface area contributed by atoms with Crippen LogP contribution in [0.25, 0.3) is 6.08 Å². The molecule has 1 aromatic carbocycles. The first-order valence-corrected chi connectivity index (χ1v) is 8.02. The predicted molar refractivity (Wildman–Crippen MR) is 86.0 cm³/mol. The molecule has 0 aromatic heterocycles. The molecule has 2 aliphatic heterocycles. The second kappa shape index (κ2) is 6.22. The Balaban J connectivity index is 1.78. The van der Waals surface area contributed by atoms with Crippen molar-refractivity contribution in [2.45, 2.75) is 26.1 Å². The van der Waals surface area contributed by atoms with Crippen LogP contribution < -0.4 is 0 Å². The van der Waals surface area contributed by atoms with Crippen LogP contribution in [0.2, 0.25) is 0 Å². The van der Waals surface area contributed by atoms with Crippen LogP contribution in [0.1, 0.15) is 19.4 Å². The molecule has 0 aliphatic carbocycles. The second-order valence-electron chi connectivity index (χ2n) is 5.49. The maximum absolute atomic E-state index is 13.7. The van der Waals surface area contributed by atoms with Gasteiger partial charge in [0.2, 0.25) is 0 Å². The lowest BCUT2D eigenvalue weighted by molar-refractivity contribution is -0.113. The highest BCUT2D eigenvalue weighted by Crippen LogP contribution is 2.31. The molecule has 0 saturated carbocycles. The van der Waals surface area contributed by atoms with Gasteiger partial charge in [0, 0.05) is 18.7 Å². The molecule has 2 aliphatic rings. The van der Waals surface area contributed by atoms with E-state index >= 15 is 0 Å². The molecule has 1 saturated heterocycles. The zero-order chi connectivity index (χ0) is 15.7. The van der Waals surface area contributed by atoms with Crippen LogP contribution in [0.15, 0.2) is 34.2 Å². The molecule has 1 aromatic rings. The van der Waals surface area contributed by atoms with E-state index in [-0.39, 0.29) is 23.9 Å². The fraction of sp³-hybridized carbons (Fsp3) is 0.375. The summed E-state index contributed by atoms with van der Waals surface area (Å²) in [5, 5.41) is 0.676. The molecule has 4 nitrogen and oxygen atoms in total. The standard InChI is InChI=1S/C16H17FN2O2S/c1-10-8-19(9-11(2)21-10)16-18-15(20)14(22-16)7-12-5-3-4-6-13(12)17/h3-7,10-11H,8-9H2,1-2H3/b14-7+/t10-,11-/m0/s1. The van der Waals surface area contributed by atoms with Crippen molar-refractivity contribution in [3.63, 3.8) is 0 Å². The number of benzene rings is 1. The number of aliphatic imine (C=N–C) groups is 1. The third-order valence-electron chi connectivity index (χ3n) is 3.49. The van der Waals surface area contributed by atoms with Gasteiger partial charge in [-0.05, 0) is 37.8 Å². The van der Waals surface area contributed by atoms with Crippen LogP contribution in [0.5, 0.6) is 0 Å². The molecule has 0 bridgehead atoms. The molecule has 0 unspecified atom stereocenters. The van der Waals surface area contributed by atoms with E-state index in [1.165, 1.54) is 17.8 Å². The summed E-state index contributed by atoms with van der Waals surface area (Å²) >= 11 is 1.30. The molecule has 116 valence electrons. The summed E-state index contributed by atoms with van der Waals surface area (Å²) in [4.78, 5) is 18.7. The van der Waals surface area contributed by atoms with Gasteiger partial charge in [-0.3, -0.25) is 4.79 Å². The van der Waals surface area contributed by atoms with Crippen molar-refractivity contribution in [2.75, 3.05) is 13.1 Å². The topological polar surface area (TPSA) is 41.9 Å². The van der Waals surface area contributed by atoms with Crippen LogP contribution >= 0.6 is 11.8 Å². The van der Waals surface area contributed by atoms with Crippen molar-refractivity contribution in [3.05, 3.63) is 40.6 Å². The summed E-state index contributed by atoms with van der Waals surface area (Å²) in [5.74, 6) is -0.652. The minimum atomic E-state index is -0.342. The number of hydrogen-bond acceptors (Lipinski definition) is 4. The van der Waals surface area contributed by atoms with Crippen molar-refractivity contribution in [3.8, 4) is 0 Å². The quantitative estimate of drug-likeness (QED) is 0.746. The third-order valence-corrected chi connectivity index (χ3v) is 4.54. The van der Waals surface area contributed by atoms with E-state index in [1.807, 2.05) is 13.8 Å². The molecule has 22 heavy (non-hydrogen) atoms. The molecular formula is C16H17FN2O2S. The fourth-order valence-electron chi connectivity index (χ4n) is 2.60. The van der Waals surface area contributed by atoms with Gasteiger partial charge in [0.15, 0.2) is 5.17 Å². The van der Waals surface area contributed by atoms with E-state index in [1.54, 1.807) is 24.3 Å². The largest absolute Gasteiger partial charge is 0.372 e. The lowest BCUT2D eigenvalue weighted by Gasteiger charge is -2.35. The number of halogens is 1. The van der Waals surface area contributed by atoms with Gasteiger partial charge in [0.25, 0.3) is 5.91 Å². The first-order valence-electron chi connectivity index (χ1n) is 7.20. The first-order chi connectivity index (χ1) is 10.5. The molecule has 1 amide bonds. The molecule has 0 spiro atoms. The van der Waals surface area contributed by atoms with Gasteiger partial charge in [-0.2, -0.15) is 4.99 Å². The summed E-state index contributed by atoms with van der Waals surface area (Å²) in [6.07, 6.45) is 1.76. The Hall–Kier alpha value is -1.66. The highest BCUT2D eigenvalue weighted by atomic mass is 32.2. The SMILES string of the molecule is C[C@H]1CN(C2=NC(=O)/C(=C\c3ccccc3F)S2)C[C@H](C)O1. The summed E-state index contributed by atoms with van der Waals surface area (Å²) in [6, 6.07) is 6.39. The molecule has 1 fully saturated rings. The van der Waals surface area contributed by atoms with Gasteiger partial charge in [-0.25, -0.2) is 4.39 Å². The molecule has 2 atom stereocenters. The molecule has 6 heteroatoms. The number of hydrogen-bond donors (Lipinski definition) is 0. The normalized spacial score (nSPS) is 27.4. The zero-order valence-corrected chi connectivity index (χ0v) is 13.3. The number of carbonyl (C=O) groups is 1. The molecule has 0 N–H and O–H groups in total. The number of ether oxygens (including phenoxy) is 1. The average molecular weight is 320 g/mol. The number of carbonyl (C=O) groups excluding carboxylic acids is 1. The number of thioether (sulfide) groups is 1. The van der Waals surface area contributed by atoms with Gasteiger partial charge in [0.05, 0.1) is 17.1 Å². The van der Waals surface area contributed by atoms with E-state index in [9.17, 15) is 9.18 Å². The Bertz CT molecular complexity index is 649. The minimum absolute atomic E-state index is 0.0988. The predicted octanol–water partition coefficient (Wildman–Crippen LogP) is 2.91. The van der Waals surface area contributed by atoms with Gasteiger partial charge >= 0.3 is 0 Å². The lowest BCUT2D eigenvalue weighted by Crippen LogP contribution is -2.47. The monoisotopic (exact) mass is 320 g/mol. The maximum atomic E-state index is 13.7. The number of nitrogens with zero attached hydrogens (tertiary/aromatic N) is 2. The van der Waals surface area contributed by atoms with Gasteiger partial charge in [-0.15, -0.1) is 0 Å². The molecule has 3 rings (SSSR count). The third kappa shape index (κ3) is 3.23. The number of rotatable bonds is 1. The fourth-order valence-corrected chi connectivity index (χ4v) is 3.52. The molecule has 0 radical (unpaired) electrons. The second-order valence-corrected chi connectivity index (χ2v) is 6.50. The van der Waals surface area contributed by atoms with Gasteiger partial charge in [0.1, 0.15) is 5.82 Å². The number of morpholine rings is 1. The summed E-state index contributed by atoms with van der Waals surface area (Å²) in [6.45, 7) is 5.41. The highest BCUT2D eigenvalue weighted by molar-refractivity contribution is 8.18. The van der Waals surface area contributed by atoms with Crippen molar-refractivity contribution in [1.29, 1.82) is 0 Å². The zero-order valence-electron chi connectivity index (χ0n) is 12.5. The van der Waals surface area contributed by atoms with E-state index in [0.717, 1.165) is 0 Å². The molecular weight excluding hydrogens is 303 g/mol. The summed E-state index contributed by atoms with van der Waals surface area (Å²) in [5.41, 5.74) is 0.401. The van der Waals surface area contributed by atoms with E-state index in [4.69, 9.17) is 4.74 Å². The van der Waals surface area contributed by atoms with Crippen LogP contribution in [-0.2, 0) is 9.53 Å². The highest BCUT2D eigenvalue weighted by Gasteiger charge is 2.31. The van der Waals surface area contributed by atoms with E-state index in [0.29, 0.717) is 28.7 Å². The Morgan fingerprint density at radius 3 is 2.68 bits per heavy atom. The first kappa shape index (κ1) is 15.2. The van der Waals surface area contributed by atoms with Crippen LogP contribution in [0, 0.1) is 5.82 Å². The Labute approximate surface area is 133 Å². The van der Waals surface area contributed by atoms with Crippen LogP contribution in [0.4, 0.5) is 4.39 Å². The average Bonchev–Trinajstić information content (AvgIpc) is 2.82. The van der Waals surface area contributed by atoms with Gasteiger partial charge in [-0.1, -0.05) is 18.2 Å². The van der Waals surface area contributed by atoms with Crippen molar-refractivity contribution in [2.24, 2.45) is 4.99 Å². The number of amides is 1. The van der Waals surface area contributed by atoms with Gasteiger partial charge < -0.3 is 9.64 Å². The van der Waals surface area contributed by atoms with Crippen LogP contribution in [-0.4, -0.2) is 41.3 Å². The van der Waals surface area contributed by atoms with Crippen molar-refractivity contribution < 1.29 is 13.9 Å².